The summed E-state index contributed by atoms with van der Waals surface area (Å²) in [6, 6.07) is 1.92. The molecule has 0 fully saturated rings. The molecule has 2 N–H and O–H groups in total. The zero-order valence-electron chi connectivity index (χ0n) is 8.70. The first-order chi connectivity index (χ1) is 7.45. The number of carboxylic acid groups (broad SMARTS) is 1. The van der Waals surface area contributed by atoms with Crippen molar-refractivity contribution in [3.8, 4) is 5.75 Å². The summed E-state index contributed by atoms with van der Waals surface area (Å²) in [6.45, 7) is 1.25. The Labute approximate surface area is 90.8 Å². The minimum Gasteiger partial charge on any atom is -0.494 e. The molecule has 16 heavy (non-hydrogen) atoms. The second-order valence-corrected chi connectivity index (χ2v) is 3.02. The van der Waals surface area contributed by atoms with Gasteiger partial charge in [0.15, 0.2) is 0 Å². The number of halogens is 1. The highest BCUT2D eigenvalue weighted by molar-refractivity contribution is 5.94. The van der Waals surface area contributed by atoms with E-state index in [1.54, 1.807) is 0 Å². The molecule has 0 aliphatic rings. The maximum Gasteiger partial charge on any atom is 0.338 e. The number of aromatic carboxylic acids is 1. The van der Waals surface area contributed by atoms with Crippen LogP contribution >= 0.6 is 0 Å². The summed E-state index contributed by atoms with van der Waals surface area (Å²) in [7, 11) is 1.29. The smallest absolute Gasteiger partial charge is 0.338 e. The number of carbonyl (C=O) groups excluding carboxylic acids is 1. The first-order valence-electron chi connectivity index (χ1n) is 4.34. The van der Waals surface area contributed by atoms with Crippen molar-refractivity contribution in [2.75, 3.05) is 12.4 Å². The van der Waals surface area contributed by atoms with E-state index in [9.17, 15) is 14.0 Å². The molecule has 5 nitrogen and oxygen atoms in total. The zero-order valence-corrected chi connectivity index (χ0v) is 8.70. The molecule has 0 aliphatic carbocycles. The average Bonchev–Trinajstić information content (AvgIpc) is 2.18. The maximum atomic E-state index is 13.2. The summed E-state index contributed by atoms with van der Waals surface area (Å²) >= 11 is 0. The largest absolute Gasteiger partial charge is 0.494 e. The Balaban J connectivity index is 3.28. The lowest BCUT2D eigenvalue weighted by Crippen LogP contribution is -2.10. The van der Waals surface area contributed by atoms with Crippen LogP contribution in [-0.4, -0.2) is 24.1 Å². The highest BCUT2D eigenvalue weighted by Crippen LogP contribution is 2.27. The zero-order chi connectivity index (χ0) is 12.3. The highest BCUT2D eigenvalue weighted by atomic mass is 19.1. The normalized spacial score (nSPS) is 9.69. The average molecular weight is 227 g/mol. The van der Waals surface area contributed by atoms with Gasteiger partial charge in [0.2, 0.25) is 5.91 Å². The van der Waals surface area contributed by atoms with E-state index in [1.807, 2.05) is 0 Å². The molecule has 0 spiro atoms. The first kappa shape index (κ1) is 12.0. The second kappa shape index (κ2) is 4.61. The van der Waals surface area contributed by atoms with Crippen LogP contribution in [0, 0.1) is 5.82 Å². The number of anilines is 1. The Morgan fingerprint density at radius 3 is 2.50 bits per heavy atom. The van der Waals surface area contributed by atoms with Crippen LogP contribution in [0.25, 0.3) is 0 Å². The van der Waals surface area contributed by atoms with E-state index >= 15 is 0 Å². The van der Waals surface area contributed by atoms with Gasteiger partial charge in [-0.2, -0.15) is 0 Å². The molecule has 0 saturated heterocycles. The quantitative estimate of drug-likeness (QED) is 0.820. The molecular weight excluding hydrogens is 217 g/mol. The van der Waals surface area contributed by atoms with Crippen molar-refractivity contribution in [3.05, 3.63) is 23.5 Å². The lowest BCUT2D eigenvalue weighted by Gasteiger charge is -2.10. The van der Waals surface area contributed by atoms with Crippen LogP contribution in [0.3, 0.4) is 0 Å². The summed E-state index contributed by atoms with van der Waals surface area (Å²) in [5.74, 6) is -2.66. The topological polar surface area (TPSA) is 75.6 Å². The molecule has 1 aromatic carbocycles. The predicted octanol–water partition coefficient (Wildman–Crippen LogP) is 1.49. The van der Waals surface area contributed by atoms with Gasteiger partial charge in [0.05, 0.1) is 18.4 Å². The lowest BCUT2D eigenvalue weighted by atomic mass is 10.1. The summed E-state index contributed by atoms with van der Waals surface area (Å²) in [5.41, 5.74) is -0.404. The van der Waals surface area contributed by atoms with Gasteiger partial charge < -0.3 is 15.2 Å². The molecule has 0 heterocycles. The Kier molecular flexibility index (Phi) is 3.44. The van der Waals surface area contributed by atoms with Gasteiger partial charge in [-0.05, 0) is 6.07 Å². The number of hydrogen-bond donors (Lipinski definition) is 2. The molecule has 0 saturated carbocycles. The monoisotopic (exact) mass is 227 g/mol. The Morgan fingerprint density at radius 2 is 2.06 bits per heavy atom. The van der Waals surface area contributed by atoms with Crippen molar-refractivity contribution < 1.29 is 23.8 Å². The minimum atomic E-state index is -1.41. The van der Waals surface area contributed by atoms with Crippen LogP contribution in [0.5, 0.6) is 5.75 Å². The number of hydrogen-bond acceptors (Lipinski definition) is 3. The lowest BCUT2D eigenvalue weighted by molar-refractivity contribution is -0.114. The van der Waals surface area contributed by atoms with E-state index in [0.717, 1.165) is 12.1 Å². The molecule has 86 valence electrons. The third-order valence-electron chi connectivity index (χ3n) is 1.83. The molecular formula is C10H10FNO4. The van der Waals surface area contributed by atoms with E-state index in [4.69, 9.17) is 9.84 Å². The van der Waals surface area contributed by atoms with E-state index in [0.29, 0.717) is 0 Å². The van der Waals surface area contributed by atoms with E-state index < -0.39 is 23.3 Å². The number of benzene rings is 1. The highest BCUT2D eigenvalue weighted by Gasteiger charge is 2.16. The number of ether oxygens (including phenoxy) is 1. The van der Waals surface area contributed by atoms with Crippen molar-refractivity contribution in [3.63, 3.8) is 0 Å². The summed E-state index contributed by atoms with van der Waals surface area (Å²) in [4.78, 5) is 21.5. The SMILES string of the molecule is COc1cc(F)c(C(=O)O)cc1NC(C)=O. The second-order valence-electron chi connectivity index (χ2n) is 3.02. The van der Waals surface area contributed by atoms with Gasteiger partial charge >= 0.3 is 5.97 Å². The Bertz CT molecular complexity index is 445. The predicted molar refractivity (Wildman–Crippen MR) is 54.2 cm³/mol. The van der Waals surface area contributed by atoms with Gasteiger partial charge in [0.1, 0.15) is 11.6 Å². The van der Waals surface area contributed by atoms with Crippen LogP contribution < -0.4 is 10.1 Å². The molecule has 0 atom stereocenters. The van der Waals surface area contributed by atoms with Gasteiger partial charge in [0.25, 0.3) is 0 Å². The van der Waals surface area contributed by atoms with E-state index in [-0.39, 0.29) is 11.4 Å². The fourth-order valence-corrected chi connectivity index (χ4v) is 1.18. The Hall–Kier alpha value is -2.11. The molecule has 0 radical (unpaired) electrons. The van der Waals surface area contributed by atoms with Crippen molar-refractivity contribution in [2.45, 2.75) is 6.92 Å². The third kappa shape index (κ3) is 2.47. The molecule has 6 heteroatoms. The Morgan fingerprint density at radius 1 is 1.44 bits per heavy atom. The van der Waals surface area contributed by atoms with Gasteiger partial charge in [-0.3, -0.25) is 4.79 Å². The fraction of sp³-hybridized carbons (Fsp3) is 0.200. The van der Waals surface area contributed by atoms with Gasteiger partial charge in [-0.15, -0.1) is 0 Å². The summed E-state index contributed by atoms with van der Waals surface area (Å²) in [6.07, 6.45) is 0. The summed E-state index contributed by atoms with van der Waals surface area (Å²) in [5, 5.41) is 11.0. The molecule has 0 unspecified atom stereocenters. The van der Waals surface area contributed by atoms with E-state index in [2.05, 4.69) is 5.32 Å². The molecule has 1 amide bonds. The third-order valence-corrected chi connectivity index (χ3v) is 1.83. The molecule has 1 rings (SSSR count). The number of rotatable bonds is 3. The number of nitrogens with one attached hydrogen (secondary N) is 1. The molecule has 1 aromatic rings. The van der Waals surface area contributed by atoms with Gasteiger partial charge in [-0.25, -0.2) is 9.18 Å². The summed E-state index contributed by atoms with van der Waals surface area (Å²) < 4.78 is 18.0. The molecule has 0 aliphatic heterocycles. The van der Waals surface area contributed by atoms with Crippen LogP contribution in [0.1, 0.15) is 17.3 Å². The number of methoxy groups -OCH3 is 1. The number of carboxylic acids is 1. The van der Waals surface area contributed by atoms with Gasteiger partial charge in [-0.1, -0.05) is 0 Å². The first-order valence-corrected chi connectivity index (χ1v) is 4.34. The minimum absolute atomic E-state index is 0.0673. The fourth-order valence-electron chi connectivity index (χ4n) is 1.18. The number of carbonyl (C=O) groups is 2. The van der Waals surface area contributed by atoms with Crippen LogP contribution in [0.2, 0.25) is 0 Å². The van der Waals surface area contributed by atoms with Crippen LogP contribution in [-0.2, 0) is 4.79 Å². The van der Waals surface area contributed by atoms with Gasteiger partial charge in [0, 0.05) is 13.0 Å². The molecule has 0 bridgehead atoms. The maximum absolute atomic E-state index is 13.2. The number of amides is 1. The van der Waals surface area contributed by atoms with E-state index in [1.165, 1.54) is 14.0 Å². The van der Waals surface area contributed by atoms with Crippen molar-refractivity contribution in [1.29, 1.82) is 0 Å². The van der Waals surface area contributed by atoms with Crippen molar-refractivity contribution in [2.24, 2.45) is 0 Å². The standard InChI is InChI=1S/C10H10FNO4/c1-5(13)12-8-3-6(10(14)15)7(11)4-9(8)16-2/h3-4H,1-2H3,(H,12,13)(H,14,15). The molecule has 0 aromatic heterocycles. The van der Waals surface area contributed by atoms with Crippen molar-refractivity contribution >= 4 is 17.6 Å². The van der Waals surface area contributed by atoms with Crippen molar-refractivity contribution in [1.82, 2.24) is 0 Å². The van der Waals surface area contributed by atoms with Crippen LogP contribution in [0.4, 0.5) is 10.1 Å². The van der Waals surface area contributed by atoms with Crippen LogP contribution in [0.15, 0.2) is 12.1 Å².